The fraction of sp³-hybridized carbons (Fsp3) is 0.545. The Bertz CT molecular complexity index is 927. The monoisotopic (exact) mass is 444 g/mol. The molecular formula is C22H28N4O4S. The number of aryl methyl sites for hydroxylation is 2. The third-order valence-electron chi connectivity index (χ3n) is 5.96. The molecule has 9 heteroatoms. The zero-order valence-electron chi connectivity index (χ0n) is 18.1. The highest BCUT2D eigenvalue weighted by atomic mass is 32.1. The van der Waals surface area contributed by atoms with Crippen LogP contribution in [0.4, 0.5) is 0 Å². The number of hydrogen-bond acceptors (Lipinski definition) is 7. The number of methoxy groups -OCH3 is 1. The van der Waals surface area contributed by atoms with Crippen LogP contribution in [-0.2, 0) is 14.3 Å². The topological polar surface area (TPSA) is 84.9 Å². The Morgan fingerprint density at radius 1 is 1.19 bits per heavy atom. The quantitative estimate of drug-likeness (QED) is 0.482. The number of piperidine rings is 1. The van der Waals surface area contributed by atoms with Crippen molar-refractivity contribution in [2.24, 2.45) is 0 Å². The number of carbonyl (C=O) groups is 2. The fourth-order valence-corrected chi connectivity index (χ4v) is 5.31. The lowest BCUT2D eigenvalue weighted by molar-refractivity contribution is -0.183. The first-order chi connectivity index (χ1) is 15.0. The van der Waals surface area contributed by atoms with Gasteiger partial charge in [0.1, 0.15) is 4.88 Å². The number of amides is 2. The molecule has 166 valence electrons. The summed E-state index contributed by atoms with van der Waals surface area (Å²) in [5, 5.41) is 0.904. The molecule has 0 spiro atoms. The van der Waals surface area contributed by atoms with Crippen LogP contribution >= 0.6 is 11.3 Å². The molecule has 31 heavy (non-hydrogen) atoms. The van der Waals surface area contributed by atoms with Gasteiger partial charge in [-0.3, -0.25) is 14.6 Å². The molecule has 2 amide bonds. The number of carbonyl (C=O) groups excluding carboxylic acids is 2. The Morgan fingerprint density at radius 3 is 2.52 bits per heavy atom. The molecule has 2 aliphatic heterocycles. The van der Waals surface area contributed by atoms with Crippen LogP contribution in [-0.4, -0.2) is 77.1 Å². The number of likely N-dealkylation sites (tertiary alicyclic amines) is 2. The molecule has 4 heterocycles. The van der Waals surface area contributed by atoms with E-state index in [4.69, 9.17) is 9.47 Å². The molecular weight excluding hydrogens is 416 g/mol. The van der Waals surface area contributed by atoms with E-state index in [1.165, 1.54) is 11.3 Å². The molecule has 0 aromatic carbocycles. The van der Waals surface area contributed by atoms with Gasteiger partial charge in [0.25, 0.3) is 11.8 Å². The molecule has 2 aromatic heterocycles. The minimum absolute atomic E-state index is 0.0108. The van der Waals surface area contributed by atoms with E-state index in [1.807, 2.05) is 35.8 Å². The van der Waals surface area contributed by atoms with Gasteiger partial charge < -0.3 is 19.3 Å². The summed E-state index contributed by atoms with van der Waals surface area (Å²) in [5.74, 6) is 0.0552. The van der Waals surface area contributed by atoms with Crippen molar-refractivity contribution in [3.05, 3.63) is 45.7 Å². The lowest BCUT2D eigenvalue weighted by atomic mass is 9.86. The summed E-state index contributed by atoms with van der Waals surface area (Å²) in [6.07, 6.45) is 4.48. The second kappa shape index (κ2) is 9.42. The van der Waals surface area contributed by atoms with Crippen LogP contribution in [0.5, 0.6) is 0 Å². The smallest absolute Gasteiger partial charge is 0.265 e. The number of aromatic nitrogens is 2. The highest BCUT2D eigenvalue weighted by molar-refractivity contribution is 7.13. The van der Waals surface area contributed by atoms with Gasteiger partial charge in [-0.2, -0.15) is 0 Å². The van der Waals surface area contributed by atoms with Crippen LogP contribution in [0.2, 0.25) is 0 Å². The van der Waals surface area contributed by atoms with Crippen molar-refractivity contribution in [3.63, 3.8) is 0 Å². The van der Waals surface area contributed by atoms with Crippen LogP contribution in [0.1, 0.15) is 44.8 Å². The van der Waals surface area contributed by atoms with Crippen molar-refractivity contribution in [2.75, 3.05) is 33.4 Å². The number of ether oxygens (including phenoxy) is 2. The largest absolute Gasteiger partial charge is 0.382 e. The summed E-state index contributed by atoms with van der Waals surface area (Å²) < 4.78 is 10.9. The van der Waals surface area contributed by atoms with Crippen LogP contribution in [0, 0.1) is 13.8 Å². The summed E-state index contributed by atoms with van der Waals surface area (Å²) in [4.78, 5) is 38.9. The van der Waals surface area contributed by atoms with Gasteiger partial charge in [0, 0.05) is 38.6 Å². The molecule has 2 aromatic rings. The van der Waals surface area contributed by atoms with E-state index in [-0.39, 0.29) is 23.9 Å². The van der Waals surface area contributed by atoms with E-state index in [2.05, 4.69) is 9.97 Å². The van der Waals surface area contributed by atoms with E-state index >= 15 is 0 Å². The first-order valence-corrected chi connectivity index (χ1v) is 11.4. The summed E-state index contributed by atoms with van der Waals surface area (Å²) in [6.45, 7) is 5.88. The van der Waals surface area contributed by atoms with Gasteiger partial charge in [-0.05, 0) is 44.4 Å². The van der Waals surface area contributed by atoms with Gasteiger partial charge in [-0.25, -0.2) is 4.98 Å². The number of β-lactam (4-membered cyclic amide) rings is 1. The second-order valence-electron chi connectivity index (χ2n) is 7.93. The van der Waals surface area contributed by atoms with Crippen LogP contribution in [0.25, 0.3) is 0 Å². The lowest BCUT2D eigenvalue weighted by Crippen LogP contribution is -2.65. The van der Waals surface area contributed by atoms with Crippen molar-refractivity contribution in [1.82, 2.24) is 19.8 Å². The van der Waals surface area contributed by atoms with Gasteiger partial charge >= 0.3 is 0 Å². The number of nitrogens with zero attached hydrogens (tertiary/aromatic N) is 4. The highest BCUT2D eigenvalue weighted by Crippen LogP contribution is 2.41. The molecule has 2 aliphatic rings. The van der Waals surface area contributed by atoms with Crippen molar-refractivity contribution < 1.29 is 19.1 Å². The fourth-order valence-electron chi connectivity index (χ4n) is 4.43. The predicted octanol–water partition coefficient (Wildman–Crippen LogP) is 2.37. The zero-order valence-corrected chi connectivity index (χ0v) is 18.9. The van der Waals surface area contributed by atoms with Crippen molar-refractivity contribution in [3.8, 4) is 0 Å². The lowest BCUT2D eigenvalue weighted by Gasteiger charge is -2.52. The molecule has 8 nitrogen and oxygen atoms in total. The Hall–Kier alpha value is -2.36. The first kappa shape index (κ1) is 21.9. The van der Waals surface area contributed by atoms with E-state index in [1.54, 1.807) is 19.5 Å². The van der Waals surface area contributed by atoms with Crippen LogP contribution in [0.3, 0.4) is 0 Å². The average molecular weight is 445 g/mol. The maximum atomic E-state index is 13.0. The Balaban J connectivity index is 1.43. The molecule has 0 N–H and O–H groups in total. The van der Waals surface area contributed by atoms with Gasteiger partial charge in [-0.15, -0.1) is 11.3 Å². The second-order valence-corrected chi connectivity index (χ2v) is 9.13. The number of hydrogen-bond donors (Lipinski definition) is 0. The Labute approximate surface area is 186 Å². The minimum Gasteiger partial charge on any atom is -0.382 e. The van der Waals surface area contributed by atoms with Gasteiger partial charge in [0.05, 0.1) is 30.0 Å². The maximum absolute atomic E-state index is 13.0. The highest BCUT2D eigenvalue weighted by Gasteiger charge is 2.52. The van der Waals surface area contributed by atoms with Gasteiger partial charge in [0.15, 0.2) is 6.10 Å². The summed E-state index contributed by atoms with van der Waals surface area (Å²) >= 11 is 1.45. The van der Waals surface area contributed by atoms with E-state index in [0.717, 1.165) is 34.0 Å². The van der Waals surface area contributed by atoms with Gasteiger partial charge in [0.2, 0.25) is 0 Å². The van der Waals surface area contributed by atoms with E-state index in [9.17, 15) is 9.59 Å². The Kier molecular flexibility index (Phi) is 6.64. The number of thiazole rings is 1. The minimum atomic E-state index is -0.500. The number of pyridine rings is 1. The molecule has 2 saturated heterocycles. The zero-order chi connectivity index (χ0) is 22.0. The first-order valence-electron chi connectivity index (χ1n) is 10.6. The normalized spacial score (nSPS) is 22.0. The molecule has 0 saturated carbocycles. The van der Waals surface area contributed by atoms with Gasteiger partial charge in [-0.1, -0.05) is 0 Å². The van der Waals surface area contributed by atoms with Crippen molar-refractivity contribution >= 4 is 23.2 Å². The third-order valence-corrected chi connectivity index (χ3v) is 7.02. The summed E-state index contributed by atoms with van der Waals surface area (Å²) in [5.41, 5.74) is 1.81. The van der Waals surface area contributed by atoms with Crippen LogP contribution < -0.4 is 0 Å². The summed E-state index contributed by atoms with van der Waals surface area (Å²) in [6, 6.07) is 3.82. The van der Waals surface area contributed by atoms with Crippen molar-refractivity contribution in [1.29, 1.82) is 0 Å². The molecule has 0 aliphatic carbocycles. The average Bonchev–Trinajstić information content (AvgIpc) is 3.13. The SMILES string of the molecule is COCCO[C@H]1C(=O)N(C2CCN(C(=O)c3sc(C)nc3C)CC2)[C@H]1c1ccncc1. The van der Waals surface area contributed by atoms with Crippen LogP contribution in [0.15, 0.2) is 24.5 Å². The molecule has 2 fully saturated rings. The van der Waals surface area contributed by atoms with E-state index in [0.29, 0.717) is 26.3 Å². The molecule has 0 bridgehead atoms. The Morgan fingerprint density at radius 2 is 1.90 bits per heavy atom. The summed E-state index contributed by atoms with van der Waals surface area (Å²) in [7, 11) is 1.61. The van der Waals surface area contributed by atoms with E-state index < -0.39 is 6.10 Å². The molecule has 0 unspecified atom stereocenters. The predicted molar refractivity (Wildman–Crippen MR) is 116 cm³/mol. The van der Waals surface area contributed by atoms with Crippen molar-refractivity contribution in [2.45, 2.75) is 44.9 Å². The number of rotatable bonds is 7. The maximum Gasteiger partial charge on any atom is 0.265 e. The molecule has 0 radical (unpaired) electrons. The molecule has 4 rings (SSSR count). The molecule has 2 atom stereocenters. The third kappa shape index (κ3) is 4.35. The standard InChI is InChI=1S/C22H28N4O4S/c1-14-20(31-15(2)24-14)22(28)25-10-6-17(7-11-25)26-18(16-4-8-23-9-5-16)19(21(26)27)30-13-12-29-3/h4-5,8-9,17-19H,6-7,10-13H2,1-3H3/t18-,19+/m0/s1.